The molecule has 5 nitrogen and oxygen atoms in total. The van der Waals surface area contributed by atoms with Gasteiger partial charge in [-0.15, -0.1) is 24.0 Å². The molecule has 0 aromatic heterocycles. The topological polar surface area (TPSA) is 48.9 Å². The van der Waals surface area contributed by atoms with Crippen molar-refractivity contribution in [3.63, 3.8) is 0 Å². The van der Waals surface area contributed by atoms with E-state index in [1.165, 1.54) is 19.5 Å². The molecule has 20 heavy (non-hydrogen) atoms. The minimum Gasteiger partial charge on any atom is -0.377 e. The monoisotopic (exact) mass is 398 g/mol. The zero-order chi connectivity index (χ0) is 14.3. The molecular weight excluding hydrogens is 367 g/mol. The van der Waals surface area contributed by atoms with E-state index in [4.69, 9.17) is 4.74 Å². The first-order valence-electron chi connectivity index (χ1n) is 7.22. The molecule has 6 heteroatoms. The molecule has 0 aliphatic carbocycles. The summed E-state index contributed by atoms with van der Waals surface area (Å²) >= 11 is 0. The van der Waals surface area contributed by atoms with Crippen LogP contribution in [0, 0.1) is 5.92 Å². The maximum atomic E-state index is 5.39. The van der Waals surface area contributed by atoms with Crippen molar-refractivity contribution in [1.82, 2.24) is 15.5 Å². The van der Waals surface area contributed by atoms with Gasteiger partial charge in [-0.05, 0) is 39.3 Å². The van der Waals surface area contributed by atoms with Gasteiger partial charge in [0.25, 0.3) is 0 Å². The van der Waals surface area contributed by atoms with E-state index in [-0.39, 0.29) is 29.6 Å². The summed E-state index contributed by atoms with van der Waals surface area (Å²) in [5.74, 6) is 1.59. The molecule has 0 radical (unpaired) electrons. The quantitative estimate of drug-likeness (QED) is 0.405. The molecule has 1 heterocycles. The fourth-order valence-corrected chi connectivity index (χ4v) is 2.20. The third-order valence-corrected chi connectivity index (χ3v) is 3.83. The zero-order valence-corrected chi connectivity index (χ0v) is 15.9. The Morgan fingerprint density at radius 1 is 1.40 bits per heavy atom. The Morgan fingerprint density at radius 3 is 2.60 bits per heavy atom. The first-order chi connectivity index (χ1) is 9.00. The highest BCUT2D eigenvalue weighted by atomic mass is 127. The SMILES string of the molecule is CCN1CCC(CNC(=NC)NCC(C)(C)OC)C1.I. The molecule has 0 spiro atoms. The lowest BCUT2D eigenvalue weighted by molar-refractivity contribution is 0.0268. The molecule has 1 aliphatic rings. The Bertz CT molecular complexity index is 297. The zero-order valence-electron chi connectivity index (χ0n) is 13.5. The number of rotatable bonds is 6. The molecule has 1 fully saturated rings. The van der Waals surface area contributed by atoms with Crippen LogP contribution in [-0.2, 0) is 4.74 Å². The lowest BCUT2D eigenvalue weighted by Gasteiger charge is -2.25. The predicted octanol–water partition coefficient (Wildman–Crippen LogP) is 1.54. The minimum absolute atomic E-state index is 0. The van der Waals surface area contributed by atoms with Crippen molar-refractivity contribution in [3.8, 4) is 0 Å². The lowest BCUT2D eigenvalue weighted by Crippen LogP contribution is -2.46. The van der Waals surface area contributed by atoms with Crippen LogP contribution >= 0.6 is 24.0 Å². The molecule has 120 valence electrons. The second kappa shape index (κ2) is 9.78. The van der Waals surface area contributed by atoms with E-state index in [0.29, 0.717) is 0 Å². The fourth-order valence-electron chi connectivity index (χ4n) is 2.20. The number of aliphatic imine (C=N–C) groups is 1. The van der Waals surface area contributed by atoms with Gasteiger partial charge in [-0.3, -0.25) is 4.99 Å². The van der Waals surface area contributed by atoms with E-state index in [0.717, 1.165) is 31.5 Å². The molecule has 0 aromatic rings. The molecule has 1 saturated heterocycles. The highest BCUT2D eigenvalue weighted by Gasteiger charge is 2.21. The maximum Gasteiger partial charge on any atom is 0.191 e. The molecule has 0 amide bonds. The second-order valence-electron chi connectivity index (χ2n) is 5.82. The van der Waals surface area contributed by atoms with Gasteiger partial charge < -0.3 is 20.3 Å². The number of nitrogens with one attached hydrogen (secondary N) is 2. The number of halogens is 1. The number of ether oxygens (including phenoxy) is 1. The summed E-state index contributed by atoms with van der Waals surface area (Å²) in [5.41, 5.74) is -0.177. The Kier molecular flexibility index (Phi) is 9.74. The van der Waals surface area contributed by atoms with Crippen molar-refractivity contribution >= 4 is 29.9 Å². The van der Waals surface area contributed by atoms with Crippen LogP contribution in [0.4, 0.5) is 0 Å². The summed E-state index contributed by atoms with van der Waals surface area (Å²) in [7, 11) is 3.54. The summed E-state index contributed by atoms with van der Waals surface area (Å²) in [4.78, 5) is 6.75. The van der Waals surface area contributed by atoms with Crippen LogP contribution in [0.3, 0.4) is 0 Å². The molecule has 0 aromatic carbocycles. The molecule has 0 saturated carbocycles. The summed E-state index contributed by atoms with van der Waals surface area (Å²) < 4.78 is 5.39. The van der Waals surface area contributed by atoms with Crippen LogP contribution in [0.5, 0.6) is 0 Å². The number of methoxy groups -OCH3 is 1. The number of nitrogens with zero attached hydrogens (tertiary/aromatic N) is 2. The van der Waals surface area contributed by atoms with E-state index >= 15 is 0 Å². The summed E-state index contributed by atoms with van der Waals surface area (Å²) in [6.07, 6.45) is 1.28. The van der Waals surface area contributed by atoms with Crippen molar-refractivity contribution in [3.05, 3.63) is 0 Å². The Hall–Kier alpha value is -0.0800. The molecular formula is C14H31IN4O. The molecule has 0 bridgehead atoms. The minimum atomic E-state index is -0.177. The first kappa shape index (κ1) is 19.9. The van der Waals surface area contributed by atoms with Crippen LogP contribution in [0.15, 0.2) is 4.99 Å². The van der Waals surface area contributed by atoms with Gasteiger partial charge in [0.1, 0.15) is 0 Å². The van der Waals surface area contributed by atoms with Crippen LogP contribution in [0.25, 0.3) is 0 Å². The van der Waals surface area contributed by atoms with Gasteiger partial charge >= 0.3 is 0 Å². The van der Waals surface area contributed by atoms with E-state index in [2.05, 4.69) is 41.3 Å². The lowest BCUT2D eigenvalue weighted by atomic mass is 10.1. The van der Waals surface area contributed by atoms with Crippen LogP contribution in [-0.4, -0.2) is 63.3 Å². The Labute approximate surface area is 140 Å². The number of hydrogen-bond acceptors (Lipinski definition) is 3. The first-order valence-corrected chi connectivity index (χ1v) is 7.22. The predicted molar refractivity (Wildman–Crippen MR) is 96.1 cm³/mol. The molecule has 1 unspecified atom stereocenters. The van der Waals surface area contributed by atoms with Crippen LogP contribution < -0.4 is 10.6 Å². The van der Waals surface area contributed by atoms with Crippen molar-refractivity contribution in [2.45, 2.75) is 32.8 Å². The van der Waals surface area contributed by atoms with E-state index in [1.54, 1.807) is 7.11 Å². The van der Waals surface area contributed by atoms with Gasteiger partial charge in [-0.25, -0.2) is 0 Å². The smallest absolute Gasteiger partial charge is 0.191 e. The maximum absolute atomic E-state index is 5.39. The van der Waals surface area contributed by atoms with Gasteiger partial charge in [0, 0.05) is 33.8 Å². The van der Waals surface area contributed by atoms with Crippen molar-refractivity contribution in [2.75, 3.05) is 46.9 Å². The number of likely N-dealkylation sites (tertiary alicyclic amines) is 1. The van der Waals surface area contributed by atoms with Gasteiger partial charge in [0.15, 0.2) is 5.96 Å². The molecule has 1 aliphatic heterocycles. The molecule has 2 N–H and O–H groups in total. The van der Waals surface area contributed by atoms with Gasteiger partial charge in [0.05, 0.1) is 5.60 Å². The van der Waals surface area contributed by atoms with Crippen molar-refractivity contribution < 1.29 is 4.74 Å². The Morgan fingerprint density at radius 2 is 2.10 bits per heavy atom. The third kappa shape index (κ3) is 7.08. The van der Waals surface area contributed by atoms with Gasteiger partial charge in [0.2, 0.25) is 0 Å². The van der Waals surface area contributed by atoms with Crippen LogP contribution in [0.1, 0.15) is 27.2 Å². The molecule has 1 rings (SSSR count). The molecule has 1 atom stereocenters. The summed E-state index contributed by atoms with van der Waals surface area (Å²) in [6.45, 7) is 11.7. The van der Waals surface area contributed by atoms with Crippen molar-refractivity contribution in [1.29, 1.82) is 0 Å². The third-order valence-electron chi connectivity index (χ3n) is 3.83. The average Bonchev–Trinajstić information content (AvgIpc) is 2.87. The van der Waals surface area contributed by atoms with E-state index in [9.17, 15) is 0 Å². The highest BCUT2D eigenvalue weighted by Crippen LogP contribution is 2.14. The summed E-state index contributed by atoms with van der Waals surface area (Å²) in [6, 6.07) is 0. The van der Waals surface area contributed by atoms with Crippen LogP contribution in [0.2, 0.25) is 0 Å². The van der Waals surface area contributed by atoms with Gasteiger partial charge in [-0.1, -0.05) is 6.92 Å². The largest absolute Gasteiger partial charge is 0.377 e. The average molecular weight is 398 g/mol. The number of hydrogen-bond donors (Lipinski definition) is 2. The number of guanidine groups is 1. The van der Waals surface area contributed by atoms with Crippen molar-refractivity contribution in [2.24, 2.45) is 10.9 Å². The standard InChI is InChI=1S/C14H30N4O.HI/c1-6-18-8-7-12(10-18)9-16-13(15-4)17-11-14(2,3)19-5;/h12H,6-11H2,1-5H3,(H2,15,16,17);1H. The summed E-state index contributed by atoms with van der Waals surface area (Å²) in [5, 5.41) is 6.72. The normalized spacial score (nSPS) is 20.6. The highest BCUT2D eigenvalue weighted by molar-refractivity contribution is 14.0. The van der Waals surface area contributed by atoms with E-state index < -0.39 is 0 Å². The Balaban J connectivity index is 0.00000361. The fraction of sp³-hybridized carbons (Fsp3) is 0.929. The second-order valence-corrected chi connectivity index (χ2v) is 5.82. The van der Waals surface area contributed by atoms with Gasteiger partial charge in [-0.2, -0.15) is 0 Å². The van der Waals surface area contributed by atoms with E-state index in [1.807, 2.05) is 7.05 Å².